The summed E-state index contributed by atoms with van der Waals surface area (Å²) in [7, 11) is 1.74. The lowest BCUT2D eigenvalue weighted by Crippen LogP contribution is -2.37. The Hall–Kier alpha value is -2.64. The first-order valence-electron chi connectivity index (χ1n) is 7.20. The minimum Gasteiger partial charge on any atom is -0.345 e. The normalized spacial score (nSPS) is 14.1. The second-order valence-corrected chi connectivity index (χ2v) is 5.24. The van der Waals surface area contributed by atoms with Crippen LogP contribution in [0.25, 0.3) is 0 Å². The van der Waals surface area contributed by atoms with Crippen LogP contribution in [0.15, 0.2) is 18.6 Å². The van der Waals surface area contributed by atoms with Gasteiger partial charge in [-0.15, -0.1) is 0 Å². The minimum absolute atomic E-state index is 0.112. The van der Waals surface area contributed by atoms with Crippen LogP contribution in [-0.2, 0) is 19.6 Å². The molecule has 1 aliphatic rings. The van der Waals surface area contributed by atoms with Gasteiger partial charge in [0, 0.05) is 32.4 Å². The first-order chi connectivity index (χ1) is 10.6. The summed E-state index contributed by atoms with van der Waals surface area (Å²) in [6.07, 6.45) is 3.61. The Labute approximate surface area is 127 Å². The van der Waals surface area contributed by atoms with Gasteiger partial charge in [-0.3, -0.25) is 14.3 Å². The van der Waals surface area contributed by atoms with Crippen LogP contribution in [0.3, 0.4) is 0 Å². The highest BCUT2D eigenvalue weighted by molar-refractivity contribution is 5.98. The first-order valence-corrected chi connectivity index (χ1v) is 7.20. The van der Waals surface area contributed by atoms with Crippen molar-refractivity contribution in [3.8, 4) is 0 Å². The lowest BCUT2D eigenvalue weighted by atomic mass is 10.2. The molecule has 8 heteroatoms. The van der Waals surface area contributed by atoms with Crippen LogP contribution < -0.4 is 5.32 Å². The number of carbonyl (C=O) groups excluding carboxylic acids is 2. The van der Waals surface area contributed by atoms with E-state index in [4.69, 9.17) is 0 Å². The zero-order valence-corrected chi connectivity index (χ0v) is 12.6. The Morgan fingerprint density at radius 3 is 2.95 bits per heavy atom. The molecule has 2 aromatic heterocycles. The second-order valence-electron chi connectivity index (χ2n) is 5.24. The largest absolute Gasteiger partial charge is 0.345 e. The maximum atomic E-state index is 12.2. The zero-order valence-electron chi connectivity index (χ0n) is 12.6. The fourth-order valence-electron chi connectivity index (χ4n) is 2.34. The molecule has 2 amide bonds. The predicted octanol–water partition coefficient (Wildman–Crippen LogP) is 0.115. The molecule has 0 radical (unpaired) electrons. The molecule has 1 aliphatic heterocycles. The molecule has 1 N–H and O–H groups in total. The molecule has 0 aliphatic carbocycles. The molecule has 3 rings (SSSR count). The summed E-state index contributed by atoms with van der Waals surface area (Å²) in [5.74, 6) is -0.414. The number of fused-ring (bicyclic) bond motifs is 1. The number of hydrogen-bond donors (Lipinski definition) is 1. The summed E-state index contributed by atoms with van der Waals surface area (Å²) in [5.41, 5.74) is 1.50. The van der Waals surface area contributed by atoms with E-state index < -0.39 is 0 Å². The van der Waals surface area contributed by atoms with Crippen molar-refractivity contribution in [3.63, 3.8) is 0 Å². The minimum atomic E-state index is -0.302. The smallest absolute Gasteiger partial charge is 0.272 e. The van der Waals surface area contributed by atoms with E-state index in [0.29, 0.717) is 25.3 Å². The highest BCUT2D eigenvalue weighted by Gasteiger charge is 2.25. The summed E-state index contributed by atoms with van der Waals surface area (Å²) < 4.78 is 3.52. The van der Waals surface area contributed by atoms with E-state index in [2.05, 4.69) is 15.4 Å². The number of aromatic nitrogens is 4. The molecule has 3 heterocycles. The van der Waals surface area contributed by atoms with E-state index in [9.17, 15) is 9.59 Å². The number of aryl methyl sites for hydroxylation is 1. The molecule has 0 unspecified atom stereocenters. The average molecular weight is 302 g/mol. The van der Waals surface area contributed by atoms with Gasteiger partial charge in [-0.1, -0.05) is 0 Å². The maximum Gasteiger partial charge on any atom is 0.272 e. The van der Waals surface area contributed by atoms with Crippen molar-refractivity contribution in [2.24, 2.45) is 0 Å². The zero-order chi connectivity index (χ0) is 15.7. The van der Waals surface area contributed by atoms with Crippen molar-refractivity contribution in [1.29, 1.82) is 0 Å². The third kappa shape index (κ3) is 2.59. The predicted molar refractivity (Wildman–Crippen MR) is 78.3 cm³/mol. The SMILES string of the molecule is CCn1cnc(CNC(=O)c2cc3n(n2)CCN(C)C3=O)c1. The van der Waals surface area contributed by atoms with Gasteiger partial charge < -0.3 is 14.8 Å². The first kappa shape index (κ1) is 14.3. The van der Waals surface area contributed by atoms with Crippen LogP contribution in [0.1, 0.15) is 33.6 Å². The molecule has 2 aromatic rings. The number of amides is 2. The third-order valence-corrected chi connectivity index (χ3v) is 3.71. The van der Waals surface area contributed by atoms with E-state index in [1.165, 1.54) is 6.07 Å². The Balaban J connectivity index is 1.68. The molecule has 116 valence electrons. The number of carbonyl (C=O) groups is 2. The van der Waals surface area contributed by atoms with E-state index in [1.807, 2.05) is 17.7 Å². The van der Waals surface area contributed by atoms with Crippen molar-refractivity contribution in [2.45, 2.75) is 26.6 Å². The van der Waals surface area contributed by atoms with E-state index in [0.717, 1.165) is 12.2 Å². The van der Waals surface area contributed by atoms with Crippen LogP contribution in [0.4, 0.5) is 0 Å². The Morgan fingerprint density at radius 1 is 1.41 bits per heavy atom. The summed E-state index contributed by atoms with van der Waals surface area (Å²) in [6.45, 7) is 4.40. The summed E-state index contributed by atoms with van der Waals surface area (Å²) in [6, 6.07) is 1.54. The van der Waals surface area contributed by atoms with Gasteiger partial charge in [0.25, 0.3) is 11.8 Å². The van der Waals surface area contributed by atoms with Crippen molar-refractivity contribution in [3.05, 3.63) is 35.7 Å². The van der Waals surface area contributed by atoms with Gasteiger partial charge in [-0.25, -0.2) is 4.98 Å². The Bertz CT molecular complexity index is 717. The number of hydrogen-bond acceptors (Lipinski definition) is 4. The molecule has 0 aromatic carbocycles. The van der Waals surface area contributed by atoms with Crippen molar-refractivity contribution in [1.82, 2.24) is 29.5 Å². The lowest BCUT2D eigenvalue weighted by Gasteiger charge is -2.22. The molecule has 22 heavy (non-hydrogen) atoms. The Kier molecular flexibility index (Phi) is 3.66. The van der Waals surface area contributed by atoms with Gasteiger partial charge >= 0.3 is 0 Å². The van der Waals surface area contributed by atoms with E-state index in [1.54, 1.807) is 23.0 Å². The van der Waals surface area contributed by atoms with Crippen molar-refractivity contribution in [2.75, 3.05) is 13.6 Å². The molecule has 0 atom stereocenters. The maximum absolute atomic E-state index is 12.2. The highest BCUT2D eigenvalue weighted by Crippen LogP contribution is 2.12. The number of rotatable bonds is 4. The fraction of sp³-hybridized carbons (Fsp3) is 0.429. The molecule has 0 saturated carbocycles. The molecular weight excluding hydrogens is 284 g/mol. The van der Waals surface area contributed by atoms with Crippen LogP contribution in [-0.4, -0.2) is 49.6 Å². The summed E-state index contributed by atoms with van der Waals surface area (Å²) in [4.78, 5) is 30.0. The van der Waals surface area contributed by atoms with Crippen molar-refractivity contribution >= 4 is 11.8 Å². The molecule has 0 saturated heterocycles. The molecule has 0 bridgehead atoms. The van der Waals surface area contributed by atoms with E-state index >= 15 is 0 Å². The van der Waals surface area contributed by atoms with Gasteiger partial charge in [0.2, 0.25) is 0 Å². The van der Waals surface area contributed by atoms with Gasteiger partial charge in [0.15, 0.2) is 5.69 Å². The summed E-state index contributed by atoms with van der Waals surface area (Å²) in [5, 5.41) is 6.97. The Morgan fingerprint density at radius 2 is 2.23 bits per heavy atom. The molecule has 0 spiro atoms. The molecule has 0 fully saturated rings. The third-order valence-electron chi connectivity index (χ3n) is 3.71. The average Bonchev–Trinajstić information content (AvgIpc) is 3.15. The molecule has 8 nitrogen and oxygen atoms in total. The number of nitrogens with one attached hydrogen (secondary N) is 1. The molecular formula is C14H18N6O2. The van der Waals surface area contributed by atoms with Gasteiger partial charge in [0.05, 0.1) is 25.1 Å². The highest BCUT2D eigenvalue weighted by atomic mass is 16.2. The van der Waals surface area contributed by atoms with Crippen molar-refractivity contribution < 1.29 is 9.59 Å². The van der Waals surface area contributed by atoms with Crippen LogP contribution in [0.2, 0.25) is 0 Å². The quantitative estimate of drug-likeness (QED) is 0.869. The van der Waals surface area contributed by atoms with E-state index in [-0.39, 0.29) is 17.5 Å². The number of imidazole rings is 1. The van der Waals surface area contributed by atoms with Gasteiger partial charge in [0.1, 0.15) is 5.69 Å². The fourth-order valence-corrected chi connectivity index (χ4v) is 2.34. The standard InChI is InChI=1S/C14H18N6O2/c1-3-19-8-10(16-9-19)7-15-13(21)11-6-12-14(22)18(2)4-5-20(12)17-11/h6,8-9H,3-5,7H2,1-2H3,(H,15,21). The van der Waals surface area contributed by atoms with Gasteiger partial charge in [-0.05, 0) is 6.92 Å². The van der Waals surface area contributed by atoms with Crippen LogP contribution >= 0.6 is 0 Å². The van der Waals surface area contributed by atoms with Gasteiger partial charge in [-0.2, -0.15) is 5.10 Å². The summed E-state index contributed by atoms with van der Waals surface area (Å²) >= 11 is 0. The monoisotopic (exact) mass is 302 g/mol. The topological polar surface area (TPSA) is 85.1 Å². The number of nitrogens with zero attached hydrogens (tertiary/aromatic N) is 5. The van der Waals surface area contributed by atoms with Crippen LogP contribution in [0, 0.1) is 0 Å². The van der Waals surface area contributed by atoms with Crippen LogP contribution in [0.5, 0.6) is 0 Å². The lowest BCUT2D eigenvalue weighted by molar-refractivity contribution is 0.0742. The second kappa shape index (κ2) is 5.63. The number of likely N-dealkylation sites (N-methyl/N-ethyl adjacent to an activating group) is 1.